The molecule has 0 atom stereocenters. The standard InChI is InChI=1S/C17H12N2O3/c20-17(21)13-7-4-8-14(9-13)22-16-10-15(18-11-19-16)12-5-2-1-3-6-12/h1-11H,(H,20,21). The van der Waals surface area contributed by atoms with Gasteiger partial charge in [0, 0.05) is 11.6 Å². The molecule has 0 aliphatic carbocycles. The quantitative estimate of drug-likeness (QED) is 0.795. The SMILES string of the molecule is O=C(O)c1cccc(Oc2cc(-c3ccccc3)ncn2)c1. The Balaban J connectivity index is 1.87. The highest BCUT2D eigenvalue weighted by Gasteiger charge is 2.07. The Bertz CT molecular complexity index is 804. The van der Waals surface area contributed by atoms with Crippen molar-refractivity contribution < 1.29 is 14.6 Å². The van der Waals surface area contributed by atoms with E-state index in [1.807, 2.05) is 30.3 Å². The maximum Gasteiger partial charge on any atom is 0.335 e. The molecule has 3 rings (SSSR count). The Morgan fingerprint density at radius 3 is 2.55 bits per heavy atom. The Hall–Kier alpha value is -3.21. The number of carbonyl (C=O) groups is 1. The monoisotopic (exact) mass is 292 g/mol. The third-order valence-corrected chi connectivity index (χ3v) is 3.01. The molecule has 0 spiro atoms. The molecular formula is C17H12N2O3. The number of hydrogen-bond donors (Lipinski definition) is 1. The van der Waals surface area contributed by atoms with Gasteiger partial charge in [0.2, 0.25) is 5.88 Å². The molecule has 0 bridgehead atoms. The molecule has 0 radical (unpaired) electrons. The highest BCUT2D eigenvalue weighted by Crippen LogP contribution is 2.24. The fourth-order valence-corrected chi connectivity index (χ4v) is 1.98. The summed E-state index contributed by atoms with van der Waals surface area (Å²) in [6.45, 7) is 0. The summed E-state index contributed by atoms with van der Waals surface area (Å²) in [7, 11) is 0. The van der Waals surface area contributed by atoms with Crippen molar-refractivity contribution in [1.29, 1.82) is 0 Å². The van der Waals surface area contributed by atoms with Crippen molar-refractivity contribution >= 4 is 5.97 Å². The zero-order chi connectivity index (χ0) is 15.4. The minimum absolute atomic E-state index is 0.162. The number of carboxylic acids is 1. The number of nitrogens with zero attached hydrogens (tertiary/aromatic N) is 2. The Kier molecular flexibility index (Phi) is 3.78. The van der Waals surface area contributed by atoms with Gasteiger partial charge in [0.25, 0.3) is 0 Å². The van der Waals surface area contributed by atoms with Gasteiger partial charge in [-0.3, -0.25) is 0 Å². The van der Waals surface area contributed by atoms with Crippen molar-refractivity contribution in [3.63, 3.8) is 0 Å². The third kappa shape index (κ3) is 3.09. The predicted molar refractivity (Wildman–Crippen MR) is 80.9 cm³/mol. The van der Waals surface area contributed by atoms with Crippen LogP contribution in [0.2, 0.25) is 0 Å². The molecule has 5 nitrogen and oxygen atoms in total. The van der Waals surface area contributed by atoms with Gasteiger partial charge in [-0.1, -0.05) is 36.4 Å². The second kappa shape index (κ2) is 6.05. The summed E-state index contributed by atoms with van der Waals surface area (Å²) in [6.07, 6.45) is 1.42. The van der Waals surface area contributed by atoms with Crippen molar-refractivity contribution in [2.24, 2.45) is 0 Å². The van der Waals surface area contributed by atoms with Crippen LogP contribution in [0.3, 0.4) is 0 Å². The van der Waals surface area contributed by atoms with Crippen LogP contribution in [0.4, 0.5) is 0 Å². The highest BCUT2D eigenvalue weighted by molar-refractivity contribution is 5.88. The van der Waals surface area contributed by atoms with Crippen molar-refractivity contribution in [3.05, 3.63) is 72.6 Å². The van der Waals surface area contributed by atoms with Crippen molar-refractivity contribution in [2.75, 3.05) is 0 Å². The molecule has 0 amide bonds. The molecule has 1 N–H and O–H groups in total. The van der Waals surface area contributed by atoms with Crippen LogP contribution in [0.5, 0.6) is 11.6 Å². The molecule has 22 heavy (non-hydrogen) atoms. The van der Waals surface area contributed by atoms with Gasteiger partial charge in [-0.25, -0.2) is 14.8 Å². The average molecular weight is 292 g/mol. The number of rotatable bonds is 4. The van der Waals surface area contributed by atoms with E-state index >= 15 is 0 Å². The second-order valence-electron chi connectivity index (χ2n) is 4.54. The van der Waals surface area contributed by atoms with E-state index in [0.29, 0.717) is 11.6 Å². The molecule has 3 aromatic rings. The number of benzene rings is 2. The topological polar surface area (TPSA) is 72.3 Å². The van der Waals surface area contributed by atoms with Crippen molar-refractivity contribution in [3.8, 4) is 22.9 Å². The molecule has 2 aromatic carbocycles. The van der Waals surface area contributed by atoms with Crippen LogP contribution in [-0.2, 0) is 0 Å². The zero-order valence-corrected chi connectivity index (χ0v) is 11.5. The summed E-state index contributed by atoms with van der Waals surface area (Å²) in [4.78, 5) is 19.2. The van der Waals surface area contributed by atoms with Gasteiger partial charge in [0.1, 0.15) is 12.1 Å². The molecule has 5 heteroatoms. The van der Waals surface area contributed by atoms with Crippen LogP contribution in [-0.4, -0.2) is 21.0 Å². The van der Waals surface area contributed by atoms with E-state index in [4.69, 9.17) is 9.84 Å². The first kappa shape index (κ1) is 13.8. The number of aromatic carboxylic acids is 1. The molecule has 0 saturated heterocycles. The van der Waals surface area contributed by atoms with Gasteiger partial charge in [-0.05, 0) is 18.2 Å². The number of carboxylic acid groups (broad SMARTS) is 1. The smallest absolute Gasteiger partial charge is 0.335 e. The van der Waals surface area contributed by atoms with Crippen LogP contribution in [0.15, 0.2) is 67.0 Å². The van der Waals surface area contributed by atoms with E-state index in [9.17, 15) is 4.79 Å². The van der Waals surface area contributed by atoms with Crippen LogP contribution in [0, 0.1) is 0 Å². The lowest BCUT2D eigenvalue weighted by atomic mass is 10.1. The predicted octanol–water partition coefficient (Wildman–Crippen LogP) is 3.63. The van der Waals surface area contributed by atoms with Crippen LogP contribution >= 0.6 is 0 Å². The number of aromatic nitrogens is 2. The lowest BCUT2D eigenvalue weighted by Gasteiger charge is -2.07. The molecule has 1 aromatic heterocycles. The van der Waals surface area contributed by atoms with E-state index in [2.05, 4.69) is 9.97 Å². The van der Waals surface area contributed by atoms with Crippen LogP contribution in [0.25, 0.3) is 11.3 Å². The molecule has 0 aliphatic rings. The van der Waals surface area contributed by atoms with Gasteiger partial charge < -0.3 is 9.84 Å². The lowest BCUT2D eigenvalue weighted by Crippen LogP contribution is -1.97. The molecular weight excluding hydrogens is 280 g/mol. The molecule has 108 valence electrons. The number of ether oxygens (including phenoxy) is 1. The summed E-state index contributed by atoms with van der Waals surface area (Å²) in [5.41, 5.74) is 1.85. The van der Waals surface area contributed by atoms with E-state index in [1.165, 1.54) is 18.5 Å². The van der Waals surface area contributed by atoms with Crippen molar-refractivity contribution in [1.82, 2.24) is 9.97 Å². The summed E-state index contributed by atoms with van der Waals surface area (Å²) < 4.78 is 5.62. The van der Waals surface area contributed by atoms with E-state index in [1.54, 1.807) is 18.2 Å². The van der Waals surface area contributed by atoms with Crippen LogP contribution < -0.4 is 4.74 Å². The summed E-state index contributed by atoms with van der Waals surface area (Å²) in [5.74, 6) is -0.230. The fourth-order valence-electron chi connectivity index (χ4n) is 1.98. The first-order valence-corrected chi connectivity index (χ1v) is 6.61. The Labute approximate surface area is 126 Å². The fraction of sp³-hybridized carbons (Fsp3) is 0. The first-order chi connectivity index (χ1) is 10.7. The van der Waals surface area contributed by atoms with E-state index in [0.717, 1.165) is 11.3 Å². The van der Waals surface area contributed by atoms with Gasteiger partial charge in [-0.2, -0.15) is 0 Å². The zero-order valence-electron chi connectivity index (χ0n) is 11.5. The normalized spacial score (nSPS) is 10.2. The minimum atomic E-state index is -1.00. The van der Waals surface area contributed by atoms with Crippen molar-refractivity contribution in [2.45, 2.75) is 0 Å². The largest absolute Gasteiger partial charge is 0.478 e. The molecule has 0 saturated carbocycles. The highest BCUT2D eigenvalue weighted by atomic mass is 16.5. The second-order valence-corrected chi connectivity index (χ2v) is 4.54. The molecule has 0 unspecified atom stereocenters. The van der Waals surface area contributed by atoms with E-state index < -0.39 is 5.97 Å². The molecule has 0 aliphatic heterocycles. The Morgan fingerprint density at radius 1 is 0.955 bits per heavy atom. The molecule has 1 heterocycles. The molecule has 0 fully saturated rings. The number of hydrogen-bond acceptors (Lipinski definition) is 4. The van der Waals surface area contributed by atoms with Gasteiger partial charge >= 0.3 is 5.97 Å². The maximum atomic E-state index is 11.0. The maximum absolute atomic E-state index is 11.0. The van der Waals surface area contributed by atoms with Gasteiger partial charge in [0.15, 0.2) is 0 Å². The summed E-state index contributed by atoms with van der Waals surface area (Å²) in [5, 5.41) is 8.99. The minimum Gasteiger partial charge on any atom is -0.478 e. The first-order valence-electron chi connectivity index (χ1n) is 6.61. The summed E-state index contributed by atoms with van der Waals surface area (Å²) >= 11 is 0. The third-order valence-electron chi connectivity index (χ3n) is 3.01. The van der Waals surface area contributed by atoms with E-state index in [-0.39, 0.29) is 5.56 Å². The lowest BCUT2D eigenvalue weighted by molar-refractivity contribution is 0.0696. The van der Waals surface area contributed by atoms with Gasteiger partial charge in [0.05, 0.1) is 11.3 Å². The van der Waals surface area contributed by atoms with Crippen LogP contribution in [0.1, 0.15) is 10.4 Å². The van der Waals surface area contributed by atoms with Gasteiger partial charge in [-0.15, -0.1) is 0 Å². The Morgan fingerprint density at radius 2 is 1.77 bits per heavy atom. The average Bonchev–Trinajstić information content (AvgIpc) is 2.56. The summed E-state index contributed by atoms with van der Waals surface area (Å²) in [6, 6.07) is 17.6.